The van der Waals surface area contributed by atoms with Crippen molar-refractivity contribution in [1.82, 2.24) is 14.5 Å². The molecule has 3 heterocycles. The van der Waals surface area contributed by atoms with Gasteiger partial charge in [0.05, 0.1) is 35.7 Å². The molecule has 0 fully saturated rings. The van der Waals surface area contributed by atoms with Gasteiger partial charge in [0.25, 0.3) is 5.91 Å². The second kappa shape index (κ2) is 6.54. The zero-order chi connectivity index (χ0) is 16.4. The van der Waals surface area contributed by atoms with Gasteiger partial charge in [0.1, 0.15) is 5.92 Å². The van der Waals surface area contributed by atoms with Gasteiger partial charge in [0, 0.05) is 13.1 Å². The Morgan fingerprint density at radius 2 is 2.26 bits per heavy atom. The Labute approximate surface area is 138 Å². The van der Waals surface area contributed by atoms with Crippen molar-refractivity contribution in [3.8, 4) is 0 Å². The average Bonchev–Trinajstić information content (AvgIpc) is 3.22. The Morgan fingerprint density at radius 3 is 2.91 bits per heavy atom. The van der Waals surface area contributed by atoms with Crippen molar-refractivity contribution in [2.45, 2.75) is 32.9 Å². The number of amides is 1. The number of aryl methyl sites for hydroxylation is 1. The molecular formula is C16H19N3O3S. The first-order valence-electron chi connectivity index (χ1n) is 7.69. The summed E-state index contributed by atoms with van der Waals surface area (Å²) in [6, 6.07) is 3.65. The summed E-state index contributed by atoms with van der Waals surface area (Å²) in [5, 5.41) is 1.87. The molecule has 23 heavy (non-hydrogen) atoms. The largest absolute Gasteiger partial charge is 0.465 e. The zero-order valence-electron chi connectivity index (χ0n) is 13.2. The van der Waals surface area contributed by atoms with Crippen LogP contribution in [0.15, 0.2) is 23.8 Å². The predicted molar refractivity (Wildman–Crippen MR) is 86.3 cm³/mol. The molecule has 7 heteroatoms. The molecule has 1 aliphatic heterocycles. The lowest BCUT2D eigenvalue weighted by atomic mass is 9.98. The number of carbonyl (C=O) groups excluding carboxylic acids is 2. The fourth-order valence-corrected chi connectivity index (χ4v) is 3.59. The Bertz CT molecular complexity index is 708. The maximum Gasteiger partial charge on any atom is 0.316 e. The molecule has 0 aromatic carbocycles. The lowest BCUT2D eigenvalue weighted by Gasteiger charge is -2.31. The normalized spacial score (nSPS) is 17.0. The van der Waals surface area contributed by atoms with Crippen LogP contribution < -0.4 is 0 Å². The molecule has 2 aromatic rings. The summed E-state index contributed by atoms with van der Waals surface area (Å²) in [5.74, 6) is -0.844. The average molecular weight is 333 g/mol. The summed E-state index contributed by atoms with van der Waals surface area (Å²) in [5.41, 5.74) is 1.65. The summed E-state index contributed by atoms with van der Waals surface area (Å²) in [6.07, 6.45) is 1.73. The van der Waals surface area contributed by atoms with Gasteiger partial charge in [-0.1, -0.05) is 6.07 Å². The Hall–Kier alpha value is -2.15. The fraction of sp³-hybridized carbons (Fsp3) is 0.438. The van der Waals surface area contributed by atoms with E-state index in [1.165, 1.54) is 11.3 Å². The van der Waals surface area contributed by atoms with Gasteiger partial charge >= 0.3 is 5.97 Å². The highest BCUT2D eigenvalue weighted by atomic mass is 32.1. The minimum atomic E-state index is -0.481. The maximum absolute atomic E-state index is 12.6. The van der Waals surface area contributed by atoms with Gasteiger partial charge in [-0.25, -0.2) is 4.98 Å². The van der Waals surface area contributed by atoms with Crippen LogP contribution in [0.4, 0.5) is 0 Å². The van der Waals surface area contributed by atoms with E-state index in [-0.39, 0.29) is 11.9 Å². The summed E-state index contributed by atoms with van der Waals surface area (Å²) < 4.78 is 7.17. The molecule has 0 aliphatic carbocycles. The number of ether oxygens (including phenoxy) is 1. The monoisotopic (exact) mass is 333 g/mol. The molecule has 1 amide bonds. The van der Waals surface area contributed by atoms with Crippen molar-refractivity contribution < 1.29 is 14.3 Å². The number of hydrogen-bond acceptors (Lipinski definition) is 5. The van der Waals surface area contributed by atoms with E-state index in [2.05, 4.69) is 4.98 Å². The number of esters is 1. The first-order valence-corrected chi connectivity index (χ1v) is 8.57. The summed E-state index contributed by atoms with van der Waals surface area (Å²) in [7, 11) is 0. The second-order valence-electron chi connectivity index (χ2n) is 5.33. The van der Waals surface area contributed by atoms with E-state index in [4.69, 9.17) is 4.74 Å². The molecule has 0 spiro atoms. The van der Waals surface area contributed by atoms with E-state index < -0.39 is 5.92 Å². The number of rotatable bonds is 4. The highest BCUT2D eigenvalue weighted by Gasteiger charge is 2.37. The van der Waals surface area contributed by atoms with Crippen molar-refractivity contribution in [2.75, 3.05) is 13.2 Å². The maximum atomic E-state index is 12.6. The summed E-state index contributed by atoms with van der Waals surface area (Å²) >= 11 is 1.40. The van der Waals surface area contributed by atoms with Gasteiger partial charge in [-0.3, -0.25) is 9.59 Å². The van der Waals surface area contributed by atoms with Gasteiger partial charge in [-0.15, -0.1) is 11.3 Å². The van der Waals surface area contributed by atoms with Crippen molar-refractivity contribution in [3.05, 3.63) is 40.1 Å². The number of fused-ring (bicyclic) bond motifs is 1. The lowest BCUT2D eigenvalue weighted by molar-refractivity contribution is -0.145. The molecule has 1 aliphatic rings. The van der Waals surface area contributed by atoms with E-state index in [0.717, 1.165) is 17.9 Å². The van der Waals surface area contributed by atoms with E-state index >= 15 is 0 Å². The molecule has 0 bridgehead atoms. The van der Waals surface area contributed by atoms with Crippen LogP contribution in [0.1, 0.15) is 40.8 Å². The number of hydrogen-bond donors (Lipinski definition) is 0. The fourth-order valence-electron chi connectivity index (χ4n) is 2.90. The third kappa shape index (κ3) is 2.88. The van der Waals surface area contributed by atoms with E-state index in [1.807, 2.05) is 22.9 Å². The minimum Gasteiger partial charge on any atom is -0.465 e. The topological polar surface area (TPSA) is 64.4 Å². The molecule has 6 nitrogen and oxygen atoms in total. The Balaban J connectivity index is 1.93. The number of carbonyl (C=O) groups is 2. The molecule has 122 valence electrons. The zero-order valence-corrected chi connectivity index (χ0v) is 14.0. The number of imidazole rings is 1. The molecule has 0 radical (unpaired) electrons. The van der Waals surface area contributed by atoms with Crippen molar-refractivity contribution >= 4 is 23.2 Å². The van der Waals surface area contributed by atoms with E-state index in [1.54, 1.807) is 24.2 Å². The SMILES string of the molecule is CCOC(=O)C1CN(C(=O)c2cccs2)Cc2ncn(CC)c21. The van der Waals surface area contributed by atoms with E-state index in [9.17, 15) is 9.59 Å². The number of thiophene rings is 1. The van der Waals surface area contributed by atoms with Crippen LogP contribution in [0, 0.1) is 0 Å². The smallest absolute Gasteiger partial charge is 0.316 e. The standard InChI is InChI=1S/C16H19N3O3S/c1-3-18-10-17-12-9-19(15(20)13-6-5-7-23-13)8-11(14(12)18)16(21)22-4-2/h5-7,10-11H,3-4,8-9H2,1-2H3. The highest BCUT2D eigenvalue weighted by Crippen LogP contribution is 2.30. The quantitative estimate of drug-likeness (QED) is 0.805. The third-order valence-corrected chi connectivity index (χ3v) is 4.82. The first kappa shape index (κ1) is 15.7. The number of aromatic nitrogens is 2. The van der Waals surface area contributed by atoms with Crippen molar-refractivity contribution in [3.63, 3.8) is 0 Å². The van der Waals surface area contributed by atoms with Gasteiger partial charge in [-0.05, 0) is 25.3 Å². The molecule has 3 rings (SSSR count). The van der Waals surface area contributed by atoms with Gasteiger partial charge < -0.3 is 14.2 Å². The summed E-state index contributed by atoms with van der Waals surface area (Å²) in [4.78, 5) is 31.8. The molecule has 0 saturated heterocycles. The first-order chi connectivity index (χ1) is 11.2. The van der Waals surface area contributed by atoms with Gasteiger partial charge in [-0.2, -0.15) is 0 Å². The third-order valence-electron chi connectivity index (χ3n) is 3.96. The molecule has 1 unspecified atom stereocenters. The van der Waals surface area contributed by atoms with Crippen LogP contribution in [-0.4, -0.2) is 39.5 Å². The van der Waals surface area contributed by atoms with Crippen LogP contribution in [0.3, 0.4) is 0 Å². The Morgan fingerprint density at radius 1 is 1.43 bits per heavy atom. The van der Waals surface area contributed by atoms with Gasteiger partial charge in [0.15, 0.2) is 0 Å². The van der Waals surface area contributed by atoms with Crippen LogP contribution in [0.2, 0.25) is 0 Å². The van der Waals surface area contributed by atoms with Crippen LogP contribution >= 0.6 is 11.3 Å². The molecule has 0 N–H and O–H groups in total. The molecule has 0 saturated carbocycles. The molecular weight excluding hydrogens is 314 g/mol. The van der Waals surface area contributed by atoms with Crippen LogP contribution in [0.25, 0.3) is 0 Å². The number of nitrogens with zero attached hydrogens (tertiary/aromatic N) is 3. The van der Waals surface area contributed by atoms with Crippen molar-refractivity contribution in [2.24, 2.45) is 0 Å². The lowest BCUT2D eigenvalue weighted by Crippen LogP contribution is -2.41. The van der Waals surface area contributed by atoms with Crippen molar-refractivity contribution in [1.29, 1.82) is 0 Å². The summed E-state index contributed by atoms with van der Waals surface area (Å²) in [6.45, 7) is 5.60. The van der Waals surface area contributed by atoms with Crippen LogP contribution in [-0.2, 0) is 22.6 Å². The van der Waals surface area contributed by atoms with Crippen LogP contribution in [0.5, 0.6) is 0 Å². The minimum absolute atomic E-state index is 0.0639. The highest BCUT2D eigenvalue weighted by molar-refractivity contribution is 7.12. The molecule has 1 atom stereocenters. The van der Waals surface area contributed by atoms with E-state index in [0.29, 0.717) is 24.6 Å². The predicted octanol–water partition coefficient (Wildman–Crippen LogP) is 2.27. The van der Waals surface area contributed by atoms with Gasteiger partial charge in [0.2, 0.25) is 0 Å². The second-order valence-corrected chi connectivity index (χ2v) is 6.28. The molecule has 2 aromatic heterocycles. The Kier molecular flexibility index (Phi) is 4.47.